The summed E-state index contributed by atoms with van der Waals surface area (Å²) in [5.41, 5.74) is 1.28. The first-order valence-electron chi connectivity index (χ1n) is 9.52. The number of nitro groups is 1. The normalized spacial score (nSPS) is 9.45. The Labute approximate surface area is 219 Å². The molecule has 0 amide bonds. The molecule has 1 radical (unpaired) electrons. The van der Waals surface area contributed by atoms with Crippen molar-refractivity contribution < 1.29 is 56.7 Å². The summed E-state index contributed by atoms with van der Waals surface area (Å²) in [6, 6.07) is 10.1. The number of Topliss-reactive ketones (excluding diaryl/α,β-unsaturated/α-hetero) is 1. The zero-order valence-electron chi connectivity index (χ0n) is 19.5. The number of allylic oxidation sites excluding steroid dienone is 1. The fourth-order valence-electron chi connectivity index (χ4n) is 2.20. The van der Waals surface area contributed by atoms with Gasteiger partial charge in [-0.1, -0.05) is 20.4 Å². The maximum Gasteiger partial charge on any atom is 0.341 e. The van der Waals surface area contributed by atoms with Crippen LogP contribution in [0.4, 0.5) is 17.1 Å². The van der Waals surface area contributed by atoms with E-state index in [2.05, 4.69) is 16.8 Å². The SMILES string of the molecule is C=C(C)C(=O)CCOc1ccc(N=Nc2ccc([N+](=O)[O-])cc2)cc1C(=O)OC.CC.[CH3-].[Y]. The van der Waals surface area contributed by atoms with Crippen LogP contribution in [0, 0.1) is 17.5 Å². The molecule has 0 fully saturated rings. The number of esters is 1. The van der Waals surface area contributed by atoms with Crippen LogP contribution >= 0.6 is 0 Å². The van der Waals surface area contributed by atoms with Crippen LogP contribution in [-0.2, 0) is 42.2 Å². The van der Waals surface area contributed by atoms with E-state index < -0.39 is 10.9 Å². The van der Waals surface area contributed by atoms with Crippen LogP contribution in [0.3, 0.4) is 0 Å². The van der Waals surface area contributed by atoms with Crippen LogP contribution in [0.15, 0.2) is 64.8 Å². The number of nitro benzene ring substituents is 1. The van der Waals surface area contributed by atoms with Crippen molar-refractivity contribution in [3.05, 3.63) is 77.7 Å². The van der Waals surface area contributed by atoms with Crippen LogP contribution in [0.2, 0.25) is 0 Å². The zero-order chi connectivity index (χ0) is 23.4. The summed E-state index contributed by atoms with van der Waals surface area (Å²) in [6.45, 7) is 9.28. The minimum absolute atomic E-state index is 0. The molecule has 0 bridgehead atoms. The Morgan fingerprint density at radius 3 is 2.12 bits per heavy atom. The van der Waals surface area contributed by atoms with Gasteiger partial charge in [-0.2, -0.15) is 10.2 Å². The average molecular weight is 531 g/mol. The molecule has 0 aliphatic heterocycles. The van der Waals surface area contributed by atoms with E-state index in [0.29, 0.717) is 16.9 Å². The number of hydrogen-bond donors (Lipinski definition) is 0. The summed E-state index contributed by atoms with van der Waals surface area (Å²) in [7, 11) is 1.24. The fourth-order valence-corrected chi connectivity index (χ4v) is 2.20. The molecule has 2 rings (SSSR count). The molecule has 0 saturated carbocycles. The molecular formula is C23H28N3O6Y-. The molecule has 10 heteroatoms. The monoisotopic (exact) mass is 531 g/mol. The van der Waals surface area contributed by atoms with Gasteiger partial charge in [0, 0.05) is 51.3 Å². The molecule has 2 aromatic carbocycles. The number of ether oxygens (including phenoxy) is 2. The van der Waals surface area contributed by atoms with Gasteiger partial charge in [0.1, 0.15) is 11.3 Å². The predicted octanol–water partition coefficient (Wildman–Crippen LogP) is 6.18. The molecular weight excluding hydrogens is 503 g/mol. The van der Waals surface area contributed by atoms with E-state index in [1.165, 1.54) is 43.5 Å². The van der Waals surface area contributed by atoms with E-state index in [9.17, 15) is 19.7 Å². The van der Waals surface area contributed by atoms with Gasteiger partial charge in [0.25, 0.3) is 5.69 Å². The summed E-state index contributed by atoms with van der Waals surface area (Å²) in [5, 5.41) is 18.7. The number of carbonyl (C=O) groups is 2. The largest absolute Gasteiger partial charge is 0.492 e. The van der Waals surface area contributed by atoms with Gasteiger partial charge in [0.05, 0.1) is 30.0 Å². The van der Waals surface area contributed by atoms with E-state index in [1.54, 1.807) is 13.0 Å². The smallest absolute Gasteiger partial charge is 0.341 e. The van der Waals surface area contributed by atoms with Gasteiger partial charge in [0.2, 0.25) is 0 Å². The molecule has 33 heavy (non-hydrogen) atoms. The molecule has 0 aromatic heterocycles. The first-order valence-corrected chi connectivity index (χ1v) is 9.52. The first kappa shape index (κ1) is 32.4. The average Bonchev–Trinajstić information content (AvgIpc) is 2.79. The summed E-state index contributed by atoms with van der Waals surface area (Å²) < 4.78 is 10.3. The van der Waals surface area contributed by atoms with E-state index in [-0.39, 0.29) is 75.9 Å². The van der Waals surface area contributed by atoms with Gasteiger partial charge in [-0.15, -0.1) is 0 Å². The Hall–Kier alpha value is -2.78. The molecule has 0 unspecified atom stereocenters. The van der Waals surface area contributed by atoms with Gasteiger partial charge in [0.15, 0.2) is 5.78 Å². The third kappa shape index (κ3) is 10.6. The van der Waals surface area contributed by atoms with Crippen molar-refractivity contribution in [3.63, 3.8) is 0 Å². The molecule has 9 nitrogen and oxygen atoms in total. The third-order valence-electron chi connectivity index (χ3n) is 3.77. The Balaban J connectivity index is 0. The van der Waals surface area contributed by atoms with Gasteiger partial charge in [-0.25, -0.2) is 4.79 Å². The zero-order valence-corrected chi connectivity index (χ0v) is 22.4. The van der Waals surface area contributed by atoms with Crippen molar-refractivity contribution >= 4 is 28.8 Å². The van der Waals surface area contributed by atoms with Gasteiger partial charge in [-0.3, -0.25) is 14.9 Å². The van der Waals surface area contributed by atoms with E-state index >= 15 is 0 Å². The number of non-ortho nitro benzene ring substituents is 1. The van der Waals surface area contributed by atoms with Crippen molar-refractivity contribution in [1.29, 1.82) is 0 Å². The van der Waals surface area contributed by atoms with Gasteiger partial charge >= 0.3 is 5.97 Å². The molecule has 0 spiro atoms. The van der Waals surface area contributed by atoms with E-state index in [4.69, 9.17) is 9.47 Å². The standard InChI is InChI=1S/C20H19N3O6.C2H6.CH3.Y/c1-13(2)18(24)10-11-29-19-9-6-15(12-17(19)20(25)28-3)22-21-14-4-7-16(8-5-14)23(26)27;1-2;;/h4-9,12H,1,10-11H2,2-3H3;1-2H3;1H3;/q;;-1;. The second kappa shape index (κ2) is 16.8. The maximum atomic E-state index is 12.0. The number of carbonyl (C=O) groups excluding carboxylic acids is 2. The number of azo groups is 1. The second-order valence-electron chi connectivity index (χ2n) is 5.95. The van der Waals surface area contributed by atoms with Crippen LogP contribution < -0.4 is 4.74 Å². The molecule has 0 saturated heterocycles. The fraction of sp³-hybridized carbons (Fsp3) is 0.261. The van der Waals surface area contributed by atoms with Crippen molar-refractivity contribution in [1.82, 2.24) is 0 Å². The minimum Gasteiger partial charge on any atom is -0.492 e. The van der Waals surface area contributed by atoms with Gasteiger partial charge in [-0.05, 0) is 42.8 Å². The number of ketones is 1. The number of benzene rings is 2. The molecule has 0 N–H and O–H groups in total. The molecule has 2 aromatic rings. The summed E-state index contributed by atoms with van der Waals surface area (Å²) in [4.78, 5) is 33.8. The van der Waals surface area contributed by atoms with Crippen LogP contribution in [-0.4, -0.2) is 30.4 Å². The molecule has 0 atom stereocenters. The minimum atomic E-state index is -0.626. The van der Waals surface area contributed by atoms with Crippen LogP contribution in [0.5, 0.6) is 5.75 Å². The molecule has 175 valence electrons. The van der Waals surface area contributed by atoms with E-state index in [1.807, 2.05) is 13.8 Å². The molecule has 0 heterocycles. The topological polar surface area (TPSA) is 120 Å². The number of methoxy groups -OCH3 is 1. The molecule has 0 aliphatic rings. The third-order valence-corrected chi connectivity index (χ3v) is 3.77. The summed E-state index contributed by atoms with van der Waals surface area (Å²) >= 11 is 0. The van der Waals surface area contributed by atoms with Gasteiger partial charge < -0.3 is 16.9 Å². The number of rotatable bonds is 9. The van der Waals surface area contributed by atoms with Crippen molar-refractivity contribution in [2.45, 2.75) is 27.2 Å². The van der Waals surface area contributed by atoms with Crippen LogP contribution in [0.25, 0.3) is 0 Å². The van der Waals surface area contributed by atoms with Crippen molar-refractivity contribution in [2.24, 2.45) is 10.2 Å². The Kier molecular flexibility index (Phi) is 16.5. The van der Waals surface area contributed by atoms with Crippen LogP contribution in [0.1, 0.15) is 37.6 Å². The second-order valence-corrected chi connectivity index (χ2v) is 5.95. The summed E-state index contributed by atoms with van der Waals surface area (Å²) in [5.74, 6) is -0.502. The van der Waals surface area contributed by atoms with E-state index in [0.717, 1.165) is 0 Å². The Morgan fingerprint density at radius 2 is 1.61 bits per heavy atom. The van der Waals surface area contributed by atoms with Crippen molar-refractivity contribution in [3.8, 4) is 5.75 Å². The quantitative estimate of drug-likeness (QED) is 0.0951. The Bertz CT molecular complexity index is 975. The number of hydrogen-bond acceptors (Lipinski definition) is 8. The van der Waals surface area contributed by atoms with Crippen molar-refractivity contribution in [2.75, 3.05) is 13.7 Å². The first-order chi connectivity index (χ1) is 14.8. The predicted molar refractivity (Wildman–Crippen MR) is 123 cm³/mol. The Morgan fingerprint density at radius 1 is 1.06 bits per heavy atom. The summed E-state index contributed by atoms with van der Waals surface area (Å²) in [6.07, 6.45) is 0.136. The molecule has 0 aliphatic carbocycles. The maximum absolute atomic E-state index is 12.0. The number of nitrogens with zero attached hydrogens (tertiary/aromatic N) is 3.